The van der Waals surface area contributed by atoms with Crippen LogP contribution in [0.3, 0.4) is 0 Å². The highest BCUT2D eigenvalue weighted by molar-refractivity contribution is 5.68. The molecule has 0 unspecified atom stereocenters. The maximum atomic E-state index is 10.8. The van der Waals surface area contributed by atoms with Gasteiger partial charge in [-0.1, -0.05) is 38.5 Å². The molecule has 0 heterocycles. The van der Waals surface area contributed by atoms with Gasteiger partial charge in [0, 0.05) is 12.8 Å². The molecule has 0 aliphatic carbocycles. The Morgan fingerprint density at radius 3 is 1.88 bits per heavy atom. The zero-order valence-corrected chi connectivity index (χ0v) is 11.0. The Balaban J connectivity index is 2.99. The van der Waals surface area contributed by atoms with Crippen LogP contribution in [0.5, 0.6) is 0 Å². The first-order valence-electron chi connectivity index (χ1n) is 6.71. The molecule has 0 saturated carbocycles. The third kappa shape index (κ3) is 12.9. The van der Waals surface area contributed by atoms with E-state index in [4.69, 9.17) is 6.57 Å². The van der Waals surface area contributed by atoms with Crippen molar-refractivity contribution in [1.82, 2.24) is 0 Å². The van der Waals surface area contributed by atoms with Crippen LogP contribution in [0.25, 0.3) is 4.85 Å². The number of nitrogens with zero attached hydrogens (tertiary/aromatic N) is 1. The first kappa shape index (κ1) is 16.0. The number of unbranched alkanes of at least 4 members (excludes halogenated alkanes) is 8. The first-order valence-corrected chi connectivity index (χ1v) is 6.71. The molecule has 0 aliphatic heterocycles. The standard InChI is InChI=1S/C14H25NO2/c1-15-13-11-9-7-5-3-4-6-8-10-12-14(16)17-2/h3-13H2,2H3. The van der Waals surface area contributed by atoms with Crippen molar-refractivity contribution in [2.24, 2.45) is 0 Å². The fraction of sp³-hybridized carbons (Fsp3) is 0.857. The van der Waals surface area contributed by atoms with Gasteiger partial charge in [-0.2, -0.15) is 0 Å². The van der Waals surface area contributed by atoms with Crippen molar-refractivity contribution in [2.75, 3.05) is 13.7 Å². The van der Waals surface area contributed by atoms with Gasteiger partial charge in [-0.3, -0.25) is 4.79 Å². The van der Waals surface area contributed by atoms with Crippen molar-refractivity contribution in [2.45, 2.75) is 64.2 Å². The van der Waals surface area contributed by atoms with Crippen LogP contribution in [0.2, 0.25) is 0 Å². The van der Waals surface area contributed by atoms with Gasteiger partial charge in [0.25, 0.3) is 0 Å². The second-order valence-corrected chi connectivity index (χ2v) is 4.39. The SMILES string of the molecule is [C-]#[N+]CCCCCCCCCCCC(=O)OC. The van der Waals surface area contributed by atoms with E-state index >= 15 is 0 Å². The zero-order valence-electron chi connectivity index (χ0n) is 11.0. The summed E-state index contributed by atoms with van der Waals surface area (Å²) in [5.41, 5.74) is 0. The normalized spacial score (nSPS) is 9.88. The van der Waals surface area contributed by atoms with Crippen LogP contribution in [0.15, 0.2) is 0 Å². The molecule has 98 valence electrons. The Morgan fingerprint density at radius 2 is 1.41 bits per heavy atom. The van der Waals surface area contributed by atoms with Crippen molar-refractivity contribution in [3.8, 4) is 0 Å². The Labute approximate surface area is 105 Å². The Hall–Kier alpha value is -1.04. The molecular formula is C14H25NO2. The highest BCUT2D eigenvalue weighted by Crippen LogP contribution is 2.10. The van der Waals surface area contributed by atoms with Crippen LogP contribution < -0.4 is 0 Å². The molecule has 0 bridgehead atoms. The van der Waals surface area contributed by atoms with Crippen LogP contribution in [-0.2, 0) is 9.53 Å². The molecular weight excluding hydrogens is 214 g/mol. The lowest BCUT2D eigenvalue weighted by atomic mass is 10.1. The predicted octanol–water partition coefficient (Wildman–Crippen LogP) is 3.98. The zero-order chi connectivity index (χ0) is 12.8. The van der Waals surface area contributed by atoms with Crippen LogP contribution in [0.1, 0.15) is 64.2 Å². The summed E-state index contributed by atoms with van der Waals surface area (Å²) in [7, 11) is 1.44. The van der Waals surface area contributed by atoms with E-state index in [1.807, 2.05) is 0 Å². The van der Waals surface area contributed by atoms with Crippen molar-refractivity contribution in [3.05, 3.63) is 11.4 Å². The van der Waals surface area contributed by atoms with Gasteiger partial charge < -0.3 is 9.58 Å². The lowest BCUT2D eigenvalue weighted by Crippen LogP contribution is -1.99. The third-order valence-electron chi connectivity index (χ3n) is 2.88. The van der Waals surface area contributed by atoms with E-state index in [0.29, 0.717) is 13.0 Å². The Kier molecular flexibility index (Phi) is 12.2. The maximum absolute atomic E-state index is 10.8. The summed E-state index contributed by atoms with van der Waals surface area (Å²) in [4.78, 5) is 14.2. The van der Waals surface area contributed by atoms with Gasteiger partial charge in [-0.05, 0) is 12.8 Å². The van der Waals surface area contributed by atoms with Crippen molar-refractivity contribution in [1.29, 1.82) is 0 Å². The molecule has 0 spiro atoms. The van der Waals surface area contributed by atoms with Crippen molar-refractivity contribution >= 4 is 5.97 Å². The van der Waals surface area contributed by atoms with Crippen LogP contribution in [0, 0.1) is 6.57 Å². The lowest BCUT2D eigenvalue weighted by Gasteiger charge is -2.01. The van der Waals surface area contributed by atoms with E-state index in [0.717, 1.165) is 19.3 Å². The average molecular weight is 239 g/mol. The number of rotatable bonds is 11. The minimum Gasteiger partial charge on any atom is -0.469 e. The van der Waals surface area contributed by atoms with Crippen molar-refractivity contribution in [3.63, 3.8) is 0 Å². The molecule has 0 amide bonds. The van der Waals surface area contributed by atoms with Crippen LogP contribution in [-0.4, -0.2) is 19.6 Å². The molecule has 0 aromatic heterocycles. The van der Waals surface area contributed by atoms with E-state index in [1.54, 1.807) is 0 Å². The van der Waals surface area contributed by atoms with Gasteiger partial charge in [0.15, 0.2) is 0 Å². The molecule has 3 nitrogen and oxygen atoms in total. The van der Waals surface area contributed by atoms with Gasteiger partial charge in [-0.15, -0.1) is 0 Å². The van der Waals surface area contributed by atoms with E-state index in [2.05, 4.69) is 9.58 Å². The summed E-state index contributed by atoms with van der Waals surface area (Å²) in [5, 5.41) is 0. The first-order chi connectivity index (χ1) is 8.31. The number of ether oxygens (including phenoxy) is 1. The van der Waals surface area contributed by atoms with Gasteiger partial charge in [0.05, 0.1) is 7.11 Å². The second-order valence-electron chi connectivity index (χ2n) is 4.39. The monoisotopic (exact) mass is 239 g/mol. The summed E-state index contributed by atoms with van der Waals surface area (Å²) in [5.74, 6) is -0.0928. The quantitative estimate of drug-likeness (QED) is 0.310. The maximum Gasteiger partial charge on any atom is 0.305 e. The number of carbonyl (C=O) groups is 1. The third-order valence-corrected chi connectivity index (χ3v) is 2.88. The molecule has 0 atom stereocenters. The fourth-order valence-corrected chi connectivity index (χ4v) is 1.80. The van der Waals surface area contributed by atoms with Gasteiger partial charge in [-0.25, -0.2) is 6.57 Å². The molecule has 0 aromatic rings. The predicted molar refractivity (Wildman–Crippen MR) is 69.7 cm³/mol. The summed E-state index contributed by atoms with van der Waals surface area (Å²) >= 11 is 0. The summed E-state index contributed by atoms with van der Waals surface area (Å²) in [6, 6.07) is 0. The molecule has 0 radical (unpaired) electrons. The molecule has 17 heavy (non-hydrogen) atoms. The van der Waals surface area contributed by atoms with Crippen LogP contribution in [0.4, 0.5) is 0 Å². The minimum absolute atomic E-state index is 0.0928. The van der Waals surface area contributed by atoms with E-state index < -0.39 is 0 Å². The minimum atomic E-state index is -0.0928. The highest BCUT2D eigenvalue weighted by Gasteiger charge is 1.99. The smallest absolute Gasteiger partial charge is 0.305 e. The summed E-state index contributed by atoms with van der Waals surface area (Å²) < 4.78 is 4.58. The fourth-order valence-electron chi connectivity index (χ4n) is 1.80. The summed E-state index contributed by atoms with van der Waals surface area (Å²) in [6.45, 7) is 7.34. The number of hydrogen-bond acceptors (Lipinski definition) is 2. The summed E-state index contributed by atoms with van der Waals surface area (Å²) in [6.07, 6.45) is 11.2. The molecule has 0 aromatic carbocycles. The van der Waals surface area contributed by atoms with Gasteiger partial charge in [0.1, 0.15) is 0 Å². The van der Waals surface area contributed by atoms with E-state index in [9.17, 15) is 4.79 Å². The van der Waals surface area contributed by atoms with Crippen molar-refractivity contribution < 1.29 is 9.53 Å². The number of methoxy groups -OCH3 is 1. The van der Waals surface area contributed by atoms with Gasteiger partial charge >= 0.3 is 5.97 Å². The molecule has 0 fully saturated rings. The number of carbonyl (C=O) groups excluding carboxylic acids is 1. The number of esters is 1. The average Bonchev–Trinajstić information content (AvgIpc) is 2.35. The number of hydrogen-bond donors (Lipinski definition) is 0. The molecule has 0 rings (SSSR count). The lowest BCUT2D eigenvalue weighted by molar-refractivity contribution is -0.140. The second kappa shape index (κ2) is 13.0. The Morgan fingerprint density at radius 1 is 0.941 bits per heavy atom. The Bertz CT molecular complexity index is 221. The molecule has 0 aliphatic rings. The van der Waals surface area contributed by atoms with Gasteiger partial charge in [0.2, 0.25) is 6.54 Å². The van der Waals surface area contributed by atoms with E-state index in [1.165, 1.54) is 45.6 Å². The highest BCUT2D eigenvalue weighted by atomic mass is 16.5. The van der Waals surface area contributed by atoms with Crippen LogP contribution >= 0.6 is 0 Å². The molecule has 3 heteroatoms. The molecule has 0 N–H and O–H groups in total. The van der Waals surface area contributed by atoms with E-state index in [-0.39, 0.29) is 5.97 Å². The topological polar surface area (TPSA) is 30.7 Å². The molecule has 0 saturated heterocycles. The largest absolute Gasteiger partial charge is 0.469 e.